The molecule has 3 rings (SSSR count). The summed E-state index contributed by atoms with van der Waals surface area (Å²) in [4.78, 5) is 18.9. The third-order valence-electron chi connectivity index (χ3n) is 5.04. The van der Waals surface area contributed by atoms with E-state index in [4.69, 9.17) is 9.73 Å². The first kappa shape index (κ1) is 23.2. The van der Waals surface area contributed by atoms with Crippen LogP contribution in [0.1, 0.15) is 25.0 Å². The molecular weight excluding hydrogens is 481 g/mol. The molecule has 1 aromatic carbocycles. The maximum atomic E-state index is 12.0. The number of guanidine groups is 1. The Balaban J connectivity index is 0.00000300. The van der Waals surface area contributed by atoms with Crippen molar-refractivity contribution in [1.29, 1.82) is 0 Å². The standard InChI is InChI=1S/C21H29N5O2.HI/c1-4-22-21(25-12-16(2)19(15-25)20(27)28-3)23-10-18-11-24-26(14-18)13-17-8-6-5-7-9-17;/h5-9,11,14,16,19H,4,10,12-13,15H2,1-3H3,(H,22,23);1H. The Morgan fingerprint density at radius 1 is 1.28 bits per heavy atom. The number of aliphatic imine (C=N–C) groups is 1. The average molecular weight is 511 g/mol. The van der Waals surface area contributed by atoms with Crippen molar-refractivity contribution in [3.05, 3.63) is 53.9 Å². The summed E-state index contributed by atoms with van der Waals surface area (Å²) in [5.74, 6) is 0.817. The van der Waals surface area contributed by atoms with E-state index in [2.05, 4.69) is 34.4 Å². The van der Waals surface area contributed by atoms with Crippen molar-refractivity contribution in [3.63, 3.8) is 0 Å². The lowest BCUT2D eigenvalue weighted by molar-refractivity contribution is -0.145. The molecule has 8 heteroatoms. The summed E-state index contributed by atoms with van der Waals surface area (Å²) in [6.45, 7) is 7.62. The van der Waals surface area contributed by atoms with Crippen LogP contribution < -0.4 is 5.32 Å². The van der Waals surface area contributed by atoms with Crippen LogP contribution in [-0.2, 0) is 22.6 Å². The molecule has 158 valence electrons. The van der Waals surface area contributed by atoms with Gasteiger partial charge in [-0.1, -0.05) is 37.3 Å². The lowest BCUT2D eigenvalue weighted by Gasteiger charge is -2.21. The molecule has 7 nitrogen and oxygen atoms in total. The molecule has 0 saturated carbocycles. The first-order valence-corrected chi connectivity index (χ1v) is 9.77. The number of ether oxygens (including phenoxy) is 1. The summed E-state index contributed by atoms with van der Waals surface area (Å²) in [5, 5.41) is 7.78. The largest absolute Gasteiger partial charge is 0.469 e. The van der Waals surface area contributed by atoms with Crippen molar-refractivity contribution in [2.75, 3.05) is 26.7 Å². The summed E-state index contributed by atoms with van der Waals surface area (Å²) in [6.07, 6.45) is 3.89. The van der Waals surface area contributed by atoms with Gasteiger partial charge in [0.2, 0.25) is 0 Å². The number of hydrogen-bond donors (Lipinski definition) is 1. The molecule has 1 saturated heterocycles. The normalized spacial score (nSPS) is 19.0. The Morgan fingerprint density at radius 3 is 2.72 bits per heavy atom. The number of aromatic nitrogens is 2. The molecule has 1 aliphatic rings. The lowest BCUT2D eigenvalue weighted by Crippen LogP contribution is -2.40. The number of nitrogens with one attached hydrogen (secondary N) is 1. The average Bonchev–Trinajstić information content (AvgIpc) is 3.31. The van der Waals surface area contributed by atoms with Crippen LogP contribution in [0.2, 0.25) is 0 Å². The lowest BCUT2D eigenvalue weighted by atomic mass is 9.99. The molecule has 0 radical (unpaired) electrons. The zero-order chi connectivity index (χ0) is 19.9. The first-order chi connectivity index (χ1) is 13.6. The summed E-state index contributed by atoms with van der Waals surface area (Å²) in [6, 6.07) is 10.3. The third-order valence-corrected chi connectivity index (χ3v) is 5.04. The second-order valence-corrected chi connectivity index (χ2v) is 7.21. The van der Waals surface area contributed by atoms with Gasteiger partial charge in [-0.3, -0.25) is 9.48 Å². The fraction of sp³-hybridized carbons (Fsp3) is 0.476. The molecule has 2 atom stereocenters. The van der Waals surface area contributed by atoms with E-state index < -0.39 is 0 Å². The molecule has 0 spiro atoms. The van der Waals surface area contributed by atoms with E-state index in [1.165, 1.54) is 12.7 Å². The van der Waals surface area contributed by atoms with Crippen LogP contribution in [-0.4, -0.2) is 53.4 Å². The number of carbonyl (C=O) groups excluding carboxylic acids is 1. The van der Waals surface area contributed by atoms with Gasteiger partial charge in [-0.2, -0.15) is 5.10 Å². The molecule has 1 fully saturated rings. The predicted molar refractivity (Wildman–Crippen MR) is 124 cm³/mol. The predicted octanol–water partition coefficient (Wildman–Crippen LogP) is 2.76. The van der Waals surface area contributed by atoms with Crippen LogP contribution in [0, 0.1) is 11.8 Å². The molecule has 0 aliphatic carbocycles. The number of benzene rings is 1. The Kier molecular flexibility index (Phi) is 8.94. The molecule has 1 N–H and O–H groups in total. The van der Waals surface area contributed by atoms with Crippen LogP contribution in [0.25, 0.3) is 0 Å². The van der Waals surface area contributed by atoms with Crippen LogP contribution in [0.15, 0.2) is 47.7 Å². The van der Waals surface area contributed by atoms with Crippen LogP contribution in [0.5, 0.6) is 0 Å². The first-order valence-electron chi connectivity index (χ1n) is 9.77. The van der Waals surface area contributed by atoms with Gasteiger partial charge in [0, 0.05) is 31.4 Å². The zero-order valence-electron chi connectivity index (χ0n) is 17.2. The van der Waals surface area contributed by atoms with E-state index >= 15 is 0 Å². The van der Waals surface area contributed by atoms with Gasteiger partial charge < -0.3 is 15.0 Å². The Bertz CT molecular complexity index is 808. The number of halogens is 1. The van der Waals surface area contributed by atoms with Gasteiger partial charge in [0.05, 0.1) is 32.3 Å². The Labute approximate surface area is 189 Å². The second-order valence-electron chi connectivity index (χ2n) is 7.21. The highest BCUT2D eigenvalue weighted by Gasteiger charge is 2.36. The number of esters is 1. The quantitative estimate of drug-likeness (QED) is 0.280. The summed E-state index contributed by atoms with van der Waals surface area (Å²) in [7, 11) is 1.45. The highest BCUT2D eigenvalue weighted by Crippen LogP contribution is 2.24. The molecule has 0 bridgehead atoms. The number of carbonyl (C=O) groups is 1. The van der Waals surface area contributed by atoms with Crippen molar-refractivity contribution in [1.82, 2.24) is 20.0 Å². The minimum absolute atomic E-state index is 0. The van der Waals surface area contributed by atoms with Gasteiger partial charge >= 0.3 is 5.97 Å². The number of hydrogen-bond acceptors (Lipinski definition) is 4. The molecule has 2 unspecified atom stereocenters. The highest BCUT2D eigenvalue weighted by atomic mass is 127. The maximum Gasteiger partial charge on any atom is 0.310 e. The SMILES string of the molecule is CCNC(=NCc1cnn(Cc2ccccc2)c1)N1CC(C)C(C(=O)OC)C1.I. The van der Waals surface area contributed by atoms with Crippen molar-refractivity contribution in [3.8, 4) is 0 Å². The van der Waals surface area contributed by atoms with Gasteiger partial charge in [-0.25, -0.2) is 4.99 Å². The van der Waals surface area contributed by atoms with Crippen LogP contribution >= 0.6 is 24.0 Å². The van der Waals surface area contributed by atoms with Gasteiger partial charge in [0.15, 0.2) is 5.96 Å². The van der Waals surface area contributed by atoms with Gasteiger partial charge in [0.1, 0.15) is 0 Å². The maximum absolute atomic E-state index is 12.0. The Morgan fingerprint density at radius 2 is 2.03 bits per heavy atom. The van der Waals surface area contributed by atoms with Gasteiger partial charge in [0.25, 0.3) is 0 Å². The highest BCUT2D eigenvalue weighted by molar-refractivity contribution is 14.0. The number of methoxy groups -OCH3 is 1. The van der Waals surface area contributed by atoms with Gasteiger partial charge in [-0.05, 0) is 18.4 Å². The monoisotopic (exact) mass is 511 g/mol. The molecular formula is C21H30IN5O2. The number of rotatable bonds is 6. The van der Waals surface area contributed by atoms with Crippen molar-refractivity contribution in [2.24, 2.45) is 16.8 Å². The molecule has 0 amide bonds. The number of likely N-dealkylation sites (tertiary alicyclic amines) is 1. The zero-order valence-corrected chi connectivity index (χ0v) is 19.6. The summed E-state index contributed by atoms with van der Waals surface area (Å²) >= 11 is 0. The van der Waals surface area contributed by atoms with E-state index in [0.717, 1.165) is 31.2 Å². The minimum Gasteiger partial charge on any atom is -0.469 e. The van der Waals surface area contributed by atoms with E-state index in [1.807, 2.05) is 42.2 Å². The molecule has 1 aromatic heterocycles. The molecule has 2 aromatic rings. The van der Waals surface area contributed by atoms with E-state index in [9.17, 15) is 4.79 Å². The summed E-state index contributed by atoms with van der Waals surface area (Å²) < 4.78 is 6.87. The van der Waals surface area contributed by atoms with Crippen LogP contribution in [0.3, 0.4) is 0 Å². The number of nitrogens with zero attached hydrogens (tertiary/aromatic N) is 4. The van der Waals surface area contributed by atoms with E-state index in [0.29, 0.717) is 13.1 Å². The summed E-state index contributed by atoms with van der Waals surface area (Å²) in [5.41, 5.74) is 2.27. The fourth-order valence-corrected chi connectivity index (χ4v) is 3.53. The van der Waals surface area contributed by atoms with Crippen molar-refractivity contribution in [2.45, 2.75) is 26.9 Å². The topological polar surface area (TPSA) is 71.8 Å². The van der Waals surface area contributed by atoms with E-state index in [1.54, 1.807) is 0 Å². The van der Waals surface area contributed by atoms with Crippen molar-refractivity contribution >= 4 is 35.9 Å². The molecule has 2 heterocycles. The van der Waals surface area contributed by atoms with E-state index in [-0.39, 0.29) is 41.8 Å². The van der Waals surface area contributed by atoms with Crippen LogP contribution in [0.4, 0.5) is 0 Å². The second kappa shape index (κ2) is 11.2. The Hall–Kier alpha value is -2.10. The third kappa shape index (κ3) is 6.19. The van der Waals surface area contributed by atoms with Gasteiger partial charge in [-0.15, -0.1) is 24.0 Å². The minimum atomic E-state index is -0.145. The fourth-order valence-electron chi connectivity index (χ4n) is 3.53. The molecule has 1 aliphatic heterocycles. The smallest absolute Gasteiger partial charge is 0.310 e. The van der Waals surface area contributed by atoms with Crippen molar-refractivity contribution < 1.29 is 9.53 Å². The molecule has 29 heavy (non-hydrogen) atoms.